The minimum atomic E-state index is -0.146. The first-order valence-corrected chi connectivity index (χ1v) is 10.1. The highest BCUT2D eigenvalue weighted by Crippen LogP contribution is 2.19. The van der Waals surface area contributed by atoms with Crippen LogP contribution < -0.4 is 10.6 Å². The lowest BCUT2D eigenvalue weighted by atomic mass is 9.97. The number of benzene rings is 2. The van der Waals surface area contributed by atoms with Crippen LogP contribution in [0.4, 0.5) is 4.39 Å². The van der Waals surface area contributed by atoms with Gasteiger partial charge in [-0.05, 0) is 43.4 Å². The molecule has 1 heterocycles. The van der Waals surface area contributed by atoms with Gasteiger partial charge in [-0.2, -0.15) is 0 Å². The smallest absolute Gasteiger partial charge is 0.191 e. The highest BCUT2D eigenvalue weighted by atomic mass is 19.1. The highest BCUT2D eigenvalue weighted by Gasteiger charge is 2.25. The predicted octanol–water partition coefficient (Wildman–Crippen LogP) is 3.59. The SMILES string of the molecule is CN=C(NCCc1ccccc1F)NC1CCN(Cc2ccccc2)C(C)C1. The predicted molar refractivity (Wildman–Crippen MR) is 114 cm³/mol. The molecule has 150 valence electrons. The van der Waals surface area contributed by atoms with E-state index in [2.05, 4.69) is 57.8 Å². The van der Waals surface area contributed by atoms with E-state index in [0.29, 0.717) is 25.0 Å². The number of piperidine rings is 1. The molecule has 1 aliphatic rings. The van der Waals surface area contributed by atoms with Crippen LogP contribution in [-0.4, -0.2) is 43.1 Å². The molecule has 0 aliphatic carbocycles. The number of rotatable bonds is 6. The number of hydrogen-bond acceptors (Lipinski definition) is 2. The number of halogens is 1. The van der Waals surface area contributed by atoms with Crippen molar-refractivity contribution in [3.8, 4) is 0 Å². The maximum Gasteiger partial charge on any atom is 0.191 e. The van der Waals surface area contributed by atoms with Crippen molar-refractivity contribution >= 4 is 5.96 Å². The first-order valence-electron chi connectivity index (χ1n) is 10.1. The Bertz CT molecular complexity index is 762. The van der Waals surface area contributed by atoms with Gasteiger partial charge >= 0.3 is 0 Å². The van der Waals surface area contributed by atoms with Crippen molar-refractivity contribution in [3.05, 3.63) is 71.5 Å². The van der Waals surface area contributed by atoms with E-state index in [1.54, 1.807) is 13.1 Å². The standard InChI is InChI=1S/C23H31FN4/c1-18-16-21(13-15-28(18)17-19-8-4-3-5-9-19)27-23(25-2)26-14-12-20-10-6-7-11-22(20)24/h3-11,18,21H,12-17H2,1-2H3,(H2,25,26,27). The van der Waals surface area contributed by atoms with E-state index in [0.717, 1.165) is 37.5 Å². The summed E-state index contributed by atoms with van der Waals surface area (Å²) in [5.74, 6) is 0.650. The number of guanidine groups is 1. The third-order valence-electron chi connectivity index (χ3n) is 5.45. The lowest BCUT2D eigenvalue weighted by Crippen LogP contribution is -2.51. The molecule has 0 bridgehead atoms. The Morgan fingerprint density at radius 1 is 1.14 bits per heavy atom. The van der Waals surface area contributed by atoms with Crippen molar-refractivity contribution in [3.63, 3.8) is 0 Å². The summed E-state index contributed by atoms with van der Waals surface area (Å²) in [6.45, 7) is 5.03. The quantitative estimate of drug-likeness (QED) is 0.593. The molecular formula is C23H31FN4. The lowest BCUT2D eigenvalue weighted by Gasteiger charge is -2.38. The fraction of sp³-hybridized carbons (Fsp3) is 0.435. The van der Waals surface area contributed by atoms with E-state index in [9.17, 15) is 4.39 Å². The minimum absolute atomic E-state index is 0.146. The average Bonchev–Trinajstić information content (AvgIpc) is 2.71. The van der Waals surface area contributed by atoms with Crippen LogP contribution in [0.2, 0.25) is 0 Å². The molecule has 0 radical (unpaired) electrons. The van der Waals surface area contributed by atoms with Gasteiger partial charge in [0.25, 0.3) is 0 Å². The zero-order chi connectivity index (χ0) is 19.8. The molecule has 3 rings (SSSR count). The van der Waals surface area contributed by atoms with E-state index < -0.39 is 0 Å². The van der Waals surface area contributed by atoms with E-state index >= 15 is 0 Å². The summed E-state index contributed by atoms with van der Waals surface area (Å²) < 4.78 is 13.7. The van der Waals surface area contributed by atoms with Crippen molar-refractivity contribution < 1.29 is 4.39 Å². The van der Waals surface area contributed by atoms with Gasteiger partial charge in [-0.3, -0.25) is 9.89 Å². The van der Waals surface area contributed by atoms with E-state index in [1.807, 2.05) is 12.1 Å². The van der Waals surface area contributed by atoms with Crippen LogP contribution in [0.15, 0.2) is 59.6 Å². The summed E-state index contributed by atoms with van der Waals surface area (Å²) in [5, 5.41) is 6.86. The van der Waals surface area contributed by atoms with Crippen molar-refractivity contribution in [2.45, 2.75) is 44.8 Å². The fourth-order valence-electron chi connectivity index (χ4n) is 3.81. The molecule has 1 fully saturated rings. The third kappa shape index (κ3) is 5.80. The molecule has 2 N–H and O–H groups in total. The maximum atomic E-state index is 13.7. The molecule has 0 saturated carbocycles. The van der Waals surface area contributed by atoms with Gasteiger partial charge in [0.2, 0.25) is 0 Å². The molecule has 0 aromatic heterocycles. The Morgan fingerprint density at radius 3 is 2.61 bits per heavy atom. The second-order valence-electron chi connectivity index (χ2n) is 7.51. The Labute approximate surface area is 167 Å². The number of aliphatic imine (C=N–C) groups is 1. The largest absolute Gasteiger partial charge is 0.356 e. The summed E-state index contributed by atoms with van der Waals surface area (Å²) in [7, 11) is 1.78. The van der Waals surface area contributed by atoms with Gasteiger partial charge in [-0.15, -0.1) is 0 Å². The topological polar surface area (TPSA) is 39.7 Å². The number of likely N-dealkylation sites (tertiary alicyclic amines) is 1. The van der Waals surface area contributed by atoms with Gasteiger partial charge in [0.05, 0.1) is 0 Å². The Kier molecular flexibility index (Phi) is 7.43. The van der Waals surface area contributed by atoms with Gasteiger partial charge in [-0.25, -0.2) is 4.39 Å². The van der Waals surface area contributed by atoms with Crippen LogP contribution in [0, 0.1) is 5.82 Å². The van der Waals surface area contributed by atoms with Crippen molar-refractivity contribution in [1.82, 2.24) is 15.5 Å². The number of nitrogens with one attached hydrogen (secondary N) is 2. The fourth-order valence-corrected chi connectivity index (χ4v) is 3.81. The van der Waals surface area contributed by atoms with Gasteiger partial charge in [-0.1, -0.05) is 48.5 Å². The molecule has 1 saturated heterocycles. The first kappa shape index (κ1) is 20.3. The third-order valence-corrected chi connectivity index (χ3v) is 5.45. The van der Waals surface area contributed by atoms with Crippen molar-refractivity contribution in [2.24, 2.45) is 4.99 Å². The van der Waals surface area contributed by atoms with Crippen molar-refractivity contribution in [1.29, 1.82) is 0 Å². The van der Waals surface area contributed by atoms with E-state index in [4.69, 9.17) is 0 Å². The summed E-state index contributed by atoms with van der Waals surface area (Å²) in [6.07, 6.45) is 2.81. The molecular weight excluding hydrogens is 351 g/mol. The zero-order valence-corrected chi connectivity index (χ0v) is 16.9. The molecule has 28 heavy (non-hydrogen) atoms. The Morgan fingerprint density at radius 2 is 1.89 bits per heavy atom. The Balaban J connectivity index is 1.43. The summed E-state index contributed by atoms with van der Waals surface area (Å²) in [6, 6.07) is 18.5. The summed E-state index contributed by atoms with van der Waals surface area (Å²) in [4.78, 5) is 6.88. The summed E-state index contributed by atoms with van der Waals surface area (Å²) >= 11 is 0. The van der Waals surface area contributed by atoms with Crippen LogP contribution in [-0.2, 0) is 13.0 Å². The molecule has 2 unspecified atom stereocenters. The second kappa shape index (κ2) is 10.2. The van der Waals surface area contributed by atoms with Crippen LogP contribution in [0.1, 0.15) is 30.9 Å². The highest BCUT2D eigenvalue weighted by molar-refractivity contribution is 5.79. The Hall–Kier alpha value is -2.40. The lowest BCUT2D eigenvalue weighted by molar-refractivity contribution is 0.134. The van der Waals surface area contributed by atoms with Crippen LogP contribution in [0.25, 0.3) is 0 Å². The number of nitrogens with zero attached hydrogens (tertiary/aromatic N) is 2. The van der Waals surface area contributed by atoms with Gasteiger partial charge in [0.15, 0.2) is 5.96 Å². The first-order chi connectivity index (χ1) is 13.7. The van der Waals surface area contributed by atoms with Gasteiger partial charge < -0.3 is 10.6 Å². The zero-order valence-electron chi connectivity index (χ0n) is 16.9. The minimum Gasteiger partial charge on any atom is -0.356 e. The molecule has 0 amide bonds. The molecule has 1 aliphatic heterocycles. The molecule has 2 atom stereocenters. The van der Waals surface area contributed by atoms with Crippen LogP contribution >= 0.6 is 0 Å². The molecule has 5 heteroatoms. The van der Waals surface area contributed by atoms with E-state index in [-0.39, 0.29) is 5.82 Å². The number of hydrogen-bond donors (Lipinski definition) is 2. The second-order valence-corrected chi connectivity index (χ2v) is 7.51. The normalized spacial score (nSPS) is 20.8. The average molecular weight is 383 g/mol. The van der Waals surface area contributed by atoms with Crippen molar-refractivity contribution in [2.75, 3.05) is 20.1 Å². The van der Waals surface area contributed by atoms with E-state index in [1.165, 1.54) is 11.6 Å². The van der Waals surface area contributed by atoms with Crippen LogP contribution in [0.5, 0.6) is 0 Å². The molecule has 4 nitrogen and oxygen atoms in total. The van der Waals surface area contributed by atoms with Gasteiger partial charge in [0, 0.05) is 38.8 Å². The summed E-state index contributed by atoms with van der Waals surface area (Å²) in [5.41, 5.74) is 2.10. The van der Waals surface area contributed by atoms with Crippen LogP contribution in [0.3, 0.4) is 0 Å². The molecule has 2 aromatic carbocycles. The monoisotopic (exact) mass is 382 g/mol. The molecule has 0 spiro atoms. The molecule has 2 aromatic rings. The maximum absolute atomic E-state index is 13.7. The van der Waals surface area contributed by atoms with Gasteiger partial charge in [0.1, 0.15) is 5.82 Å².